The summed E-state index contributed by atoms with van der Waals surface area (Å²) in [4.78, 5) is 0. The lowest BCUT2D eigenvalue weighted by atomic mass is 10.2. The summed E-state index contributed by atoms with van der Waals surface area (Å²) >= 11 is 4.80. The number of hydrazone groups is 1. The average molecular weight is 451 g/mol. The Bertz CT molecular complexity index is 947. The summed E-state index contributed by atoms with van der Waals surface area (Å²) < 4.78 is 20.4. The molecule has 0 aliphatic heterocycles. The molecule has 0 aliphatic carbocycles. The summed E-state index contributed by atoms with van der Waals surface area (Å²) in [5.41, 5.74) is 4.50. The summed E-state index contributed by atoms with van der Waals surface area (Å²) in [7, 11) is 1.59. The second-order valence-corrected chi connectivity index (χ2v) is 7.21. The zero-order chi connectivity index (χ0) is 19.2. The number of methoxy groups -OCH3 is 1. The first-order chi connectivity index (χ1) is 13.1. The van der Waals surface area contributed by atoms with Gasteiger partial charge in [0, 0.05) is 15.8 Å². The van der Waals surface area contributed by atoms with Gasteiger partial charge in [-0.2, -0.15) is 5.10 Å². The molecule has 0 radical (unpaired) electrons. The largest absolute Gasteiger partial charge is 0.496 e. The van der Waals surface area contributed by atoms with Gasteiger partial charge >= 0.3 is 0 Å². The van der Waals surface area contributed by atoms with Crippen molar-refractivity contribution in [1.82, 2.24) is 14.9 Å². The number of nitrogen functional groups attached to an aromatic ring is 1. The maximum absolute atomic E-state index is 12.9. The molecule has 3 N–H and O–H groups in total. The molecule has 1 aromatic heterocycles. The Morgan fingerprint density at radius 3 is 2.81 bits per heavy atom. The van der Waals surface area contributed by atoms with Gasteiger partial charge < -0.3 is 10.6 Å². The molecule has 3 rings (SSSR count). The highest BCUT2D eigenvalue weighted by Crippen LogP contribution is 2.23. The fourth-order valence-electron chi connectivity index (χ4n) is 2.15. The van der Waals surface area contributed by atoms with E-state index in [0.29, 0.717) is 22.6 Å². The third kappa shape index (κ3) is 4.98. The van der Waals surface area contributed by atoms with Crippen LogP contribution in [0.4, 0.5) is 10.3 Å². The van der Waals surface area contributed by atoms with E-state index in [1.165, 1.54) is 28.6 Å². The zero-order valence-corrected chi connectivity index (χ0v) is 16.7. The number of nitrogens with one attached hydrogen (secondary N) is 1. The van der Waals surface area contributed by atoms with Gasteiger partial charge in [-0.15, -0.1) is 10.2 Å². The number of benzene rings is 2. The van der Waals surface area contributed by atoms with Crippen molar-refractivity contribution in [1.29, 1.82) is 0 Å². The maximum atomic E-state index is 12.9. The van der Waals surface area contributed by atoms with Crippen molar-refractivity contribution in [3.8, 4) is 5.75 Å². The summed E-state index contributed by atoms with van der Waals surface area (Å²) in [5.74, 6) is 7.30. The van der Waals surface area contributed by atoms with Gasteiger partial charge in [-0.1, -0.05) is 39.8 Å². The Hall–Kier alpha value is -2.59. The molecule has 0 spiro atoms. The summed E-state index contributed by atoms with van der Waals surface area (Å²) in [6.07, 6.45) is 1.60. The predicted octanol–water partition coefficient (Wildman–Crippen LogP) is 3.64. The zero-order valence-electron chi connectivity index (χ0n) is 14.3. The quantitative estimate of drug-likeness (QED) is 0.247. The maximum Gasteiger partial charge on any atom is 0.264 e. The molecule has 0 bridgehead atoms. The number of anilines is 1. The van der Waals surface area contributed by atoms with Crippen LogP contribution >= 0.6 is 27.7 Å². The normalized spacial score (nSPS) is 11.1. The Kier molecular flexibility index (Phi) is 6.30. The predicted molar refractivity (Wildman–Crippen MR) is 108 cm³/mol. The van der Waals surface area contributed by atoms with Crippen LogP contribution in [0.1, 0.15) is 11.1 Å². The van der Waals surface area contributed by atoms with Crippen LogP contribution in [0.5, 0.6) is 5.75 Å². The van der Waals surface area contributed by atoms with Crippen LogP contribution in [0, 0.1) is 5.82 Å². The number of nitrogens with zero attached hydrogens (tertiary/aromatic N) is 4. The minimum atomic E-state index is -0.267. The Morgan fingerprint density at radius 1 is 1.30 bits per heavy atom. The average Bonchev–Trinajstić information content (AvgIpc) is 3.01. The second kappa shape index (κ2) is 8.87. The minimum Gasteiger partial charge on any atom is -0.496 e. The Balaban J connectivity index is 1.63. The third-order valence-electron chi connectivity index (χ3n) is 3.51. The standard InChI is InChI=1S/C17H16BrFN6OS/c1-26-15-7-4-13(18)8-12(15)9-21-22-16-23-24-17(25(16)20)27-10-11-2-5-14(19)6-3-11/h2-9H,10,20H2,1H3,(H,22,23)/b21-9+. The van der Waals surface area contributed by atoms with Crippen LogP contribution in [0.15, 0.2) is 57.2 Å². The van der Waals surface area contributed by atoms with Gasteiger partial charge in [-0.25, -0.2) is 14.5 Å². The van der Waals surface area contributed by atoms with E-state index in [-0.39, 0.29) is 5.82 Å². The van der Waals surface area contributed by atoms with Crippen LogP contribution in [-0.4, -0.2) is 28.2 Å². The van der Waals surface area contributed by atoms with Crippen molar-refractivity contribution in [2.24, 2.45) is 5.10 Å². The van der Waals surface area contributed by atoms with Crippen molar-refractivity contribution in [2.45, 2.75) is 10.9 Å². The molecule has 0 amide bonds. The summed E-state index contributed by atoms with van der Waals surface area (Å²) in [6, 6.07) is 11.9. The molecule has 3 aromatic rings. The number of rotatable bonds is 7. The number of ether oxygens (including phenoxy) is 1. The van der Waals surface area contributed by atoms with Gasteiger partial charge in [-0.05, 0) is 35.9 Å². The fraction of sp³-hybridized carbons (Fsp3) is 0.118. The topological polar surface area (TPSA) is 90.3 Å². The van der Waals surface area contributed by atoms with Crippen LogP contribution in [0.25, 0.3) is 0 Å². The van der Waals surface area contributed by atoms with E-state index in [2.05, 4.69) is 36.7 Å². The number of hydrogen-bond donors (Lipinski definition) is 2. The Labute approximate surface area is 167 Å². The van der Waals surface area contributed by atoms with E-state index in [1.807, 2.05) is 18.2 Å². The molecular weight excluding hydrogens is 435 g/mol. The van der Waals surface area contributed by atoms with E-state index in [0.717, 1.165) is 15.6 Å². The fourth-order valence-corrected chi connectivity index (χ4v) is 3.34. The first-order valence-electron chi connectivity index (χ1n) is 7.77. The number of thioether (sulfide) groups is 1. The third-order valence-corrected chi connectivity index (χ3v) is 5.01. The van der Waals surface area contributed by atoms with Crippen molar-refractivity contribution in [2.75, 3.05) is 18.4 Å². The Morgan fingerprint density at radius 2 is 2.07 bits per heavy atom. The van der Waals surface area contributed by atoms with E-state index >= 15 is 0 Å². The summed E-state index contributed by atoms with van der Waals surface area (Å²) in [5, 5.41) is 12.7. The smallest absolute Gasteiger partial charge is 0.264 e. The lowest BCUT2D eigenvalue weighted by Crippen LogP contribution is -2.13. The molecular formula is C17H16BrFN6OS. The van der Waals surface area contributed by atoms with E-state index in [1.54, 1.807) is 25.5 Å². The molecule has 0 atom stereocenters. The molecule has 7 nitrogen and oxygen atoms in total. The van der Waals surface area contributed by atoms with Crippen LogP contribution in [0.3, 0.4) is 0 Å². The monoisotopic (exact) mass is 450 g/mol. The van der Waals surface area contributed by atoms with Crippen molar-refractivity contribution in [3.63, 3.8) is 0 Å². The highest BCUT2D eigenvalue weighted by Gasteiger charge is 2.10. The molecule has 0 fully saturated rings. The van der Waals surface area contributed by atoms with E-state index in [4.69, 9.17) is 10.6 Å². The lowest BCUT2D eigenvalue weighted by Gasteiger charge is -2.05. The molecule has 0 unspecified atom stereocenters. The van der Waals surface area contributed by atoms with Gasteiger partial charge in [0.15, 0.2) is 0 Å². The van der Waals surface area contributed by atoms with Crippen molar-refractivity contribution < 1.29 is 9.13 Å². The first kappa shape index (κ1) is 19.2. The molecule has 2 aromatic carbocycles. The lowest BCUT2D eigenvalue weighted by molar-refractivity contribution is 0.414. The molecule has 0 saturated carbocycles. The first-order valence-corrected chi connectivity index (χ1v) is 9.55. The molecule has 140 valence electrons. The highest BCUT2D eigenvalue weighted by atomic mass is 79.9. The van der Waals surface area contributed by atoms with E-state index < -0.39 is 0 Å². The van der Waals surface area contributed by atoms with Gasteiger partial charge in [0.25, 0.3) is 5.95 Å². The molecule has 0 aliphatic rings. The SMILES string of the molecule is COc1ccc(Br)cc1/C=N/Nc1nnc(SCc2ccc(F)cc2)n1N. The van der Waals surface area contributed by atoms with Crippen LogP contribution in [-0.2, 0) is 5.75 Å². The molecule has 10 heteroatoms. The molecule has 0 saturated heterocycles. The molecule has 1 heterocycles. The van der Waals surface area contributed by atoms with Crippen LogP contribution < -0.4 is 16.0 Å². The number of hydrogen-bond acceptors (Lipinski definition) is 7. The minimum absolute atomic E-state index is 0.267. The van der Waals surface area contributed by atoms with E-state index in [9.17, 15) is 4.39 Å². The van der Waals surface area contributed by atoms with Crippen molar-refractivity contribution in [3.05, 3.63) is 63.9 Å². The number of aromatic nitrogens is 3. The van der Waals surface area contributed by atoms with Crippen molar-refractivity contribution >= 4 is 39.9 Å². The van der Waals surface area contributed by atoms with Gasteiger partial charge in [-0.3, -0.25) is 0 Å². The molecule has 27 heavy (non-hydrogen) atoms. The van der Waals surface area contributed by atoms with Gasteiger partial charge in [0.2, 0.25) is 5.16 Å². The van der Waals surface area contributed by atoms with Gasteiger partial charge in [0.1, 0.15) is 11.6 Å². The van der Waals surface area contributed by atoms with Gasteiger partial charge in [0.05, 0.1) is 13.3 Å². The second-order valence-electron chi connectivity index (χ2n) is 5.35. The number of halogens is 2. The summed E-state index contributed by atoms with van der Waals surface area (Å²) in [6.45, 7) is 0. The number of nitrogens with two attached hydrogens (primary N) is 1. The van der Waals surface area contributed by atoms with Crippen LogP contribution in [0.2, 0.25) is 0 Å². The highest BCUT2D eigenvalue weighted by molar-refractivity contribution is 9.10.